The molecule has 19 heteroatoms. The molecule has 0 spiro atoms. The second-order valence-electron chi connectivity index (χ2n) is 11.9. The van der Waals surface area contributed by atoms with E-state index in [1.54, 1.807) is 0 Å². The van der Waals surface area contributed by atoms with Crippen molar-refractivity contribution in [2.24, 2.45) is 0 Å². The van der Waals surface area contributed by atoms with Gasteiger partial charge in [0, 0.05) is 59.1 Å². The average Bonchev–Trinajstić information content (AvgIpc) is 3.04. The van der Waals surface area contributed by atoms with E-state index in [0.29, 0.717) is 5.39 Å². The molecule has 2 aromatic rings. The number of hydrogen-bond acceptors (Lipinski definition) is 19. The Morgan fingerprint density at radius 2 is 1.09 bits per heavy atom. The summed E-state index contributed by atoms with van der Waals surface area (Å²) in [6.45, 7) is 7.41. The summed E-state index contributed by atoms with van der Waals surface area (Å²) in [5, 5.41) is 0.473. The molecular formula is C34H40O19. The fourth-order valence-electron chi connectivity index (χ4n) is 5.83. The van der Waals surface area contributed by atoms with E-state index in [9.17, 15) is 33.6 Å². The monoisotopic (exact) mass is 752 g/mol. The molecular weight excluding hydrogens is 712 g/mol. The molecule has 0 amide bonds. The molecule has 2 aliphatic heterocycles. The highest BCUT2D eigenvalue weighted by Crippen LogP contribution is 2.37. The van der Waals surface area contributed by atoms with Crippen LogP contribution in [0.25, 0.3) is 11.0 Å². The first-order chi connectivity index (χ1) is 25.0. The maximum absolute atomic E-state index is 12.4. The Bertz CT molecular complexity index is 1750. The van der Waals surface area contributed by atoms with Crippen LogP contribution >= 0.6 is 0 Å². The van der Waals surface area contributed by atoms with Gasteiger partial charge in [-0.1, -0.05) is 0 Å². The molecule has 1 aromatic heterocycles. The van der Waals surface area contributed by atoms with Crippen LogP contribution in [-0.4, -0.2) is 111 Å². The van der Waals surface area contributed by atoms with E-state index in [-0.39, 0.29) is 17.1 Å². The van der Waals surface area contributed by atoms with Crippen LogP contribution in [0.5, 0.6) is 11.5 Å². The van der Waals surface area contributed by atoms with Gasteiger partial charge in [-0.15, -0.1) is 0 Å². The molecule has 1 aromatic carbocycles. The lowest BCUT2D eigenvalue weighted by Gasteiger charge is -2.46. The first-order valence-electron chi connectivity index (χ1n) is 16.2. The van der Waals surface area contributed by atoms with Gasteiger partial charge in [0.05, 0.1) is 19.8 Å². The lowest BCUT2D eigenvalue weighted by Crippen LogP contribution is -2.64. The predicted molar refractivity (Wildman–Crippen MR) is 172 cm³/mol. The Hall–Kier alpha value is -5.27. The number of carbonyl (C=O) groups is 6. The fourth-order valence-corrected chi connectivity index (χ4v) is 5.83. The van der Waals surface area contributed by atoms with Crippen LogP contribution in [0.1, 0.15) is 48.5 Å². The zero-order valence-corrected chi connectivity index (χ0v) is 30.0. The van der Waals surface area contributed by atoms with Crippen LogP contribution in [0.15, 0.2) is 33.5 Å². The van der Waals surface area contributed by atoms with Gasteiger partial charge in [0.1, 0.15) is 11.7 Å². The van der Waals surface area contributed by atoms with E-state index >= 15 is 0 Å². The molecule has 0 N–H and O–H groups in total. The zero-order valence-electron chi connectivity index (χ0n) is 30.0. The lowest BCUT2D eigenvalue weighted by molar-refractivity contribution is -0.323. The third kappa shape index (κ3) is 10.4. The van der Waals surface area contributed by atoms with Crippen LogP contribution in [0.2, 0.25) is 0 Å². The Kier molecular flexibility index (Phi) is 13.4. The Balaban J connectivity index is 1.75. The second-order valence-corrected chi connectivity index (χ2v) is 11.9. The quantitative estimate of drug-likeness (QED) is 0.169. The number of carbonyl (C=O) groups excluding carboxylic acids is 6. The minimum absolute atomic E-state index is 0.0659. The summed E-state index contributed by atoms with van der Waals surface area (Å²) in [6, 6.07) is 5.53. The molecule has 3 heterocycles. The highest BCUT2D eigenvalue weighted by Gasteiger charge is 2.55. The zero-order chi connectivity index (χ0) is 39.1. The van der Waals surface area contributed by atoms with Crippen molar-refractivity contribution in [3.05, 3.63) is 34.7 Å². The van der Waals surface area contributed by atoms with Crippen LogP contribution in [0.4, 0.5) is 0 Å². The molecule has 2 aliphatic rings. The molecule has 19 nitrogen and oxygen atoms in total. The number of benzene rings is 1. The van der Waals surface area contributed by atoms with E-state index in [1.165, 1.54) is 38.3 Å². The van der Waals surface area contributed by atoms with E-state index in [4.69, 9.17) is 56.5 Å². The van der Waals surface area contributed by atoms with Gasteiger partial charge in [0.15, 0.2) is 48.3 Å². The lowest BCUT2D eigenvalue weighted by atomic mass is 9.97. The molecule has 2 fully saturated rings. The van der Waals surface area contributed by atoms with E-state index in [2.05, 4.69) is 0 Å². The number of rotatable bonds is 12. The number of fused-ring (bicyclic) bond motifs is 1. The van der Waals surface area contributed by atoms with Crippen molar-refractivity contribution >= 4 is 46.8 Å². The third-order valence-corrected chi connectivity index (χ3v) is 7.70. The van der Waals surface area contributed by atoms with Gasteiger partial charge in [-0.25, -0.2) is 4.79 Å². The number of hydrogen-bond donors (Lipinski definition) is 0. The summed E-state index contributed by atoms with van der Waals surface area (Å²) in [4.78, 5) is 85.4. The predicted octanol–water partition coefficient (Wildman–Crippen LogP) is 1.26. The standard InChI is InChI=1S/C34H40O19/c1-14-27(45-15(2)35)29(47-17(4)37)31(49-19(6)39)33(44-14)43-13-25-28(46-16(3)36)30(48-18(5)38)32(50-20(7)40)34(53-25)52-24-12-22-21(11-23(24)42-8)9-10-26(41)51-22/h9-12,14,25,27-34H,13H2,1-8H3/t14-,25+,27-,28+,29+,30-,31+,32+,33+,34+/m0/s1. The Morgan fingerprint density at radius 3 is 1.64 bits per heavy atom. The molecule has 10 atom stereocenters. The summed E-state index contributed by atoms with van der Waals surface area (Å²) >= 11 is 0. The van der Waals surface area contributed by atoms with Gasteiger partial charge in [-0.05, 0) is 19.1 Å². The SMILES string of the molecule is COc1cc2ccc(=O)oc2cc1O[C@@H]1O[C@H](CO[C@@H]2O[C@@H](C)[C@H](OC(C)=O)[C@@H](OC(C)=O)[C@H]2OC(C)=O)[C@@H](OC(C)=O)[C@H](OC(C)=O)[C@H]1OC(C)=O. The first-order valence-corrected chi connectivity index (χ1v) is 16.2. The maximum Gasteiger partial charge on any atom is 0.336 e. The number of ether oxygens (including phenoxy) is 11. The van der Waals surface area contributed by atoms with Gasteiger partial charge in [0.2, 0.25) is 12.4 Å². The first kappa shape index (κ1) is 40.5. The maximum atomic E-state index is 12.4. The molecule has 0 unspecified atom stereocenters. The van der Waals surface area contributed by atoms with Crippen molar-refractivity contribution < 1.29 is 85.3 Å². The van der Waals surface area contributed by atoms with Crippen molar-refractivity contribution in [3.63, 3.8) is 0 Å². The van der Waals surface area contributed by atoms with Crippen molar-refractivity contribution in [1.29, 1.82) is 0 Å². The smallest absolute Gasteiger partial charge is 0.336 e. The molecule has 0 bridgehead atoms. The van der Waals surface area contributed by atoms with Crippen molar-refractivity contribution in [2.45, 2.75) is 110 Å². The summed E-state index contributed by atoms with van der Waals surface area (Å²) in [6.07, 6.45) is -14.4. The third-order valence-electron chi connectivity index (χ3n) is 7.70. The molecule has 4 rings (SSSR count). The summed E-state index contributed by atoms with van der Waals surface area (Å²) in [5.41, 5.74) is -0.560. The van der Waals surface area contributed by atoms with Gasteiger partial charge in [-0.2, -0.15) is 0 Å². The van der Waals surface area contributed by atoms with Gasteiger partial charge in [-0.3, -0.25) is 28.8 Å². The Morgan fingerprint density at radius 1 is 0.604 bits per heavy atom. The summed E-state index contributed by atoms with van der Waals surface area (Å²) in [7, 11) is 1.34. The molecule has 2 saturated heterocycles. The normalized spacial score (nSPS) is 28.2. The Labute approximate surface area is 301 Å². The van der Waals surface area contributed by atoms with E-state index < -0.39 is 109 Å². The summed E-state index contributed by atoms with van der Waals surface area (Å²) < 4.78 is 67.9. The minimum Gasteiger partial charge on any atom is -0.493 e. The molecule has 0 aliphatic carbocycles. The van der Waals surface area contributed by atoms with Crippen LogP contribution in [-0.2, 0) is 71.4 Å². The van der Waals surface area contributed by atoms with E-state index in [1.807, 2.05) is 0 Å². The second kappa shape index (κ2) is 17.5. The average molecular weight is 753 g/mol. The molecule has 290 valence electrons. The van der Waals surface area contributed by atoms with Gasteiger partial charge in [0.25, 0.3) is 0 Å². The highest BCUT2D eigenvalue weighted by atomic mass is 16.8. The number of methoxy groups -OCH3 is 1. The van der Waals surface area contributed by atoms with Gasteiger partial charge >= 0.3 is 41.4 Å². The topological polar surface area (TPSA) is 234 Å². The fraction of sp³-hybridized carbons (Fsp3) is 0.559. The molecule has 0 radical (unpaired) electrons. The highest BCUT2D eigenvalue weighted by molar-refractivity contribution is 5.80. The van der Waals surface area contributed by atoms with E-state index in [0.717, 1.165) is 41.5 Å². The van der Waals surface area contributed by atoms with Crippen LogP contribution < -0.4 is 15.1 Å². The largest absolute Gasteiger partial charge is 0.493 e. The molecule has 0 saturated carbocycles. The molecule has 53 heavy (non-hydrogen) atoms. The minimum atomic E-state index is -1.65. The van der Waals surface area contributed by atoms with Gasteiger partial charge < -0.3 is 56.5 Å². The van der Waals surface area contributed by atoms with Crippen molar-refractivity contribution in [1.82, 2.24) is 0 Å². The van der Waals surface area contributed by atoms with Crippen LogP contribution in [0.3, 0.4) is 0 Å². The summed E-state index contributed by atoms with van der Waals surface area (Å²) in [5.74, 6) is -4.89. The van der Waals surface area contributed by atoms with Crippen LogP contribution in [0, 0.1) is 0 Å². The van der Waals surface area contributed by atoms with Crippen molar-refractivity contribution in [3.8, 4) is 11.5 Å². The number of esters is 6. The van der Waals surface area contributed by atoms with Crippen molar-refractivity contribution in [2.75, 3.05) is 13.7 Å².